The second kappa shape index (κ2) is 6.90. The second-order valence-corrected chi connectivity index (χ2v) is 6.62. The highest BCUT2D eigenvalue weighted by Gasteiger charge is 2.14. The highest BCUT2D eigenvalue weighted by molar-refractivity contribution is 5.46. The van der Waals surface area contributed by atoms with Gasteiger partial charge in [0.15, 0.2) is 0 Å². The molecule has 0 atom stereocenters. The van der Waals surface area contributed by atoms with Crippen molar-refractivity contribution in [3.05, 3.63) is 71.1 Å². The minimum absolute atomic E-state index is 0.868. The molecular formula is C20H24N6. The third-order valence-corrected chi connectivity index (χ3v) is 4.67. The van der Waals surface area contributed by atoms with Crippen molar-refractivity contribution in [1.29, 1.82) is 0 Å². The number of aryl methyl sites for hydroxylation is 2. The van der Waals surface area contributed by atoms with E-state index >= 15 is 0 Å². The van der Waals surface area contributed by atoms with E-state index in [9.17, 15) is 0 Å². The molecule has 0 spiro atoms. The fourth-order valence-corrected chi connectivity index (χ4v) is 3.51. The predicted octanol–water partition coefficient (Wildman–Crippen LogP) is 2.61. The van der Waals surface area contributed by atoms with E-state index in [1.165, 1.54) is 17.1 Å². The van der Waals surface area contributed by atoms with Crippen LogP contribution in [0.3, 0.4) is 0 Å². The Morgan fingerprint density at radius 2 is 1.85 bits per heavy atom. The molecule has 6 heteroatoms. The Balaban J connectivity index is 0.000000129. The van der Waals surface area contributed by atoms with Crippen LogP contribution in [0.25, 0.3) is 11.3 Å². The maximum absolute atomic E-state index is 4.51. The quantitative estimate of drug-likeness (QED) is 0.585. The van der Waals surface area contributed by atoms with Gasteiger partial charge in [0.2, 0.25) is 0 Å². The number of rotatable bonds is 2. The number of imidazole rings is 2. The first-order valence-corrected chi connectivity index (χ1v) is 8.92. The van der Waals surface area contributed by atoms with Crippen LogP contribution >= 0.6 is 0 Å². The molecule has 5 rings (SSSR count). The van der Waals surface area contributed by atoms with E-state index in [-0.39, 0.29) is 0 Å². The van der Waals surface area contributed by atoms with Gasteiger partial charge in [-0.15, -0.1) is 0 Å². The van der Waals surface area contributed by atoms with Gasteiger partial charge in [-0.2, -0.15) is 0 Å². The molecule has 0 saturated heterocycles. The third-order valence-electron chi connectivity index (χ3n) is 4.67. The van der Waals surface area contributed by atoms with Crippen LogP contribution < -0.4 is 10.6 Å². The fourth-order valence-electron chi connectivity index (χ4n) is 3.51. The summed E-state index contributed by atoms with van der Waals surface area (Å²) in [5, 5.41) is 6.50. The van der Waals surface area contributed by atoms with Crippen molar-refractivity contribution in [2.45, 2.75) is 33.5 Å². The summed E-state index contributed by atoms with van der Waals surface area (Å²) in [6.45, 7) is 6.83. The summed E-state index contributed by atoms with van der Waals surface area (Å²) < 4.78 is 4.37. The van der Waals surface area contributed by atoms with Crippen LogP contribution in [0.1, 0.15) is 28.5 Å². The van der Waals surface area contributed by atoms with Crippen LogP contribution in [-0.4, -0.2) is 25.8 Å². The first-order valence-electron chi connectivity index (χ1n) is 8.92. The smallest absolute Gasteiger partial charge is 0.137 e. The lowest BCUT2D eigenvalue weighted by molar-refractivity contribution is 0.610. The molecule has 0 radical (unpaired) electrons. The molecule has 0 aliphatic carbocycles. The summed E-state index contributed by atoms with van der Waals surface area (Å²) in [5.74, 6) is 0. The molecule has 0 bridgehead atoms. The van der Waals surface area contributed by atoms with Crippen molar-refractivity contribution >= 4 is 11.3 Å². The molecule has 2 N–H and O–H groups in total. The Morgan fingerprint density at radius 1 is 1.04 bits per heavy atom. The van der Waals surface area contributed by atoms with Crippen LogP contribution in [0.2, 0.25) is 0 Å². The molecular weight excluding hydrogens is 324 g/mol. The van der Waals surface area contributed by atoms with Crippen LogP contribution in [0.5, 0.6) is 0 Å². The van der Waals surface area contributed by atoms with Gasteiger partial charge in [0.05, 0.1) is 17.1 Å². The van der Waals surface area contributed by atoms with Crippen LogP contribution in [-0.2, 0) is 19.6 Å². The maximum atomic E-state index is 4.51. The number of nitrogens with one attached hydrogen (secondary N) is 2. The Labute approximate surface area is 152 Å². The normalized spacial score (nSPS) is 13.0. The van der Waals surface area contributed by atoms with Gasteiger partial charge < -0.3 is 15.0 Å². The van der Waals surface area contributed by atoms with Crippen LogP contribution in [0.15, 0.2) is 42.6 Å². The van der Waals surface area contributed by atoms with Crippen molar-refractivity contribution in [2.24, 2.45) is 0 Å². The van der Waals surface area contributed by atoms with Gasteiger partial charge in [-0.1, -0.05) is 12.1 Å². The molecule has 0 amide bonds. The average Bonchev–Trinajstić information content (AvgIpc) is 3.18. The zero-order valence-electron chi connectivity index (χ0n) is 15.5. The van der Waals surface area contributed by atoms with Crippen LogP contribution in [0.4, 0.5) is 0 Å². The molecule has 0 fully saturated rings. The Bertz CT molecular complexity index is 1060. The topological polar surface area (TPSA) is 58.7 Å². The molecule has 1 aliphatic rings. The van der Waals surface area contributed by atoms with E-state index in [0.29, 0.717) is 0 Å². The van der Waals surface area contributed by atoms with Gasteiger partial charge >= 0.3 is 0 Å². The zero-order valence-corrected chi connectivity index (χ0v) is 15.5. The van der Waals surface area contributed by atoms with E-state index in [4.69, 9.17) is 0 Å². The van der Waals surface area contributed by atoms with Crippen molar-refractivity contribution in [1.82, 2.24) is 29.4 Å². The van der Waals surface area contributed by atoms with Gasteiger partial charge in [-0.25, -0.2) is 9.97 Å². The van der Waals surface area contributed by atoms with Crippen molar-refractivity contribution in [3.8, 4) is 0 Å². The zero-order chi connectivity index (χ0) is 18.1. The standard InChI is InChI=1S/C10H11N3.C10H13N3/c1-7-9-6-11-5-8-3-2-4-10(12-7)13(8)9;1-8-7-13-9(6-11-2)4-3-5-10(13)12-8/h2-4,11H,5-6H2,1H3;3-5,7,11H,6H2,1-2H3. The van der Waals surface area contributed by atoms with Crippen molar-refractivity contribution in [2.75, 3.05) is 7.05 Å². The summed E-state index contributed by atoms with van der Waals surface area (Å²) in [6, 6.07) is 12.4. The summed E-state index contributed by atoms with van der Waals surface area (Å²) in [5.41, 5.74) is 8.14. The van der Waals surface area contributed by atoms with Crippen molar-refractivity contribution < 1.29 is 0 Å². The highest BCUT2D eigenvalue weighted by Crippen LogP contribution is 2.17. The van der Waals surface area contributed by atoms with Gasteiger partial charge in [-0.05, 0) is 45.2 Å². The number of pyridine rings is 2. The molecule has 1 aliphatic heterocycles. The molecule has 6 nitrogen and oxygen atoms in total. The van der Waals surface area contributed by atoms with E-state index in [0.717, 1.165) is 42.3 Å². The lowest BCUT2D eigenvalue weighted by Crippen LogP contribution is -2.22. The van der Waals surface area contributed by atoms with Gasteiger partial charge in [0, 0.05) is 37.2 Å². The molecule has 4 aromatic rings. The monoisotopic (exact) mass is 348 g/mol. The van der Waals surface area contributed by atoms with Crippen molar-refractivity contribution in [3.63, 3.8) is 0 Å². The fraction of sp³-hybridized carbons (Fsp3) is 0.300. The number of aromatic nitrogens is 4. The number of hydrogen-bond donors (Lipinski definition) is 2. The van der Waals surface area contributed by atoms with E-state index in [1.807, 2.05) is 26.1 Å². The molecule has 5 heterocycles. The first-order chi connectivity index (χ1) is 12.7. The number of hydrogen-bond acceptors (Lipinski definition) is 4. The van der Waals surface area contributed by atoms with E-state index in [1.54, 1.807) is 0 Å². The third kappa shape index (κ3) is 2.98. The minimum Gasteiger partial charge on any atom is -0.314 e. The largest absolute Gasteiger partial charge is 0.314 e. The van der Waals surface area contributed by atoms with E-state index < -0.39 is 0 Å². The number of nitrogens with zero attached hydrogens (tertiary/aromatic N) is 4. The molecule has 4 aromatic heterocycles. The summed E-state index contributed by atoms with van der Waals surface area (Å²) in [7, 11) is 1.95. The van der Waals surface area contributed by atoms with Crippen LogP contribution in [0, 0.1) is 13.8 Å². The number of fused-ring (bicyclic) bond motifs is 1. The first kappa shape index (κ1) is 16.8. The summed E-state index contributed by atoms with van der Waals surface area (Å²) in [6.07, 6.45) is 2.06. The Morgan fingerprint density at radius 3 is 2.69 bits per heavy atom. The summed E-state index contributed by atoms with van der Waals surface area (Å²) in [4.78, 5) is 8.90. The molecule has 134 valence electrons. The Kier molecular flexibility index (Phi) is 4.44. The predicted molar refractivity (Wildman–Crippen MR) is 103 cm³/mol. The van der Waals surface area contributed by atoms with Gasteiger partial charge in [-0.3, -0.25) is 4.40 Å². The molecule has 0 saturated carbocycles. The Hall–Kier alpha value is -2.70. The SMILES string of the molecule is CNCc1cccc2nc(C)cn12.Cc1nc2cccc3n2c1CNC3. The maximum Gasteiger partial charge on any atom is 0.137 e. The van der Waals surface area contributed by atoms with Gasteiger partial charge in [0.1, 0.15) is 11.3 Å². The lowest BCUT2D eigenvalue weighted by atomic mass is 10.2. The molecule has 0 unspecified atom stereocenters. The average molecular weight is 348 g/mol. The van der Waals surface area contributed by atoms with Gasteiger partial charge in [0.25, 0.3) is 0 Å². The lowest BCUT2D eigenvalue weighted by Gasteiger charge is -2.15. The molecule has 0 aromatic carbocycles. The highest BCUT2D eigenvalue weighted by atomic mass is 15.1. The molecule has 26 heavy (non-hydrogen) atoms. The second-order valence-electron chi connectivity index (χ2n) is 6.62. The summed E-state index contributed by atoms with van der Waals surface area (Å²) >= 11 is 0. The minimum atomic E-state index is 0.868. The van der Waals surface area contributed by atoms with E-state index in [2.05, 4.69) is 66.8 Å².